The predicted octanol–water partition coefficient (Wildman–Crippen LogP) is 0.429. The average molecular weight is 244 g/mol. The maximum atomic E-state index is 12.4. The lowest BCUT2D eigenvalue weighted by molar-refractivity contribution is 0.153. The first-order valence-electron chi connectivity index (χ1n) is 4.98. The molecule has 0 fully saturated rings. The van der Waals surface area contributed by atoms with E-state index in [1.54, 1.807) is 0 Å². The fourth-order valence-corrected chi connectivity index (χ4v) is 1.46. The van der Waals surface area contributed by atoms with Gasteiger partial charge in [0.2, 0.25) is 0 Å². The molecule has 0 saturated heterocycles. The lowest BCUT2D eigenvalue weighted by atomic mass is 10.2. The Morgan fingerprint density at radius 3 is 2.82 bits per heavy atom. The van der Waals surface area contributed by atoms with Crippen LogP contribution in [0.1, 0.15) is 5.56 Å². The van der Waals surface area contributed by atoms with Crippen molar-refractivity contribution in [1.29, 1.82) is 5.41 Å². The molecule has 0 aliphatic rings. The van der Waals surface area contributed by atoms with Crippen LogP contribution < -0.4 is 10.6 Å². The molecule has 1 rings (SSSR count). The standard InChI is InChI=1S/C10H14F2N4O/c11-9(12)6-16(3-4-17)8-5-15-2-1-7(8)10(13)14/h1-2,5,9,17H,3-4,6H2,(H3,13,14). The minimum Gasteiger partial charge on any atom is -0.395 e. The molecule has 0 radical (unpaired) electrons. The topological polar surface area (TPSA) is 86.2 Å². The molecule has 1 aromatic rings. The highest BCUT2D eigenvalue weighted by atomic mass is 19.3. The zero-order valence-electron chi connectivity index (χ0n) is 9.11. The number of halogens is 2. The minimum atomic E-state index is -2.54. The summed E-state index contributed by atoms with van der Waals surface area (Å²) in [5.41, 5.74) is 6.01. The number of amidine groups is 1. The lowest BCUT2D eigenvalue weighted by Gasteiger charge is -2.25. The summed E-state index contributed by atoms with van der Waals surface area (Å²) in [6.07, 6.45) is 0.246. The van der Waals surface area contributed by atoms with Crippen molar-refractivity contribution in [3.05, 3.63) is 24.0 Å². The van der Waals surface area contributed by atoms with E-state index in [0.29, 0.717) is 11.3 Å². The Bertz CT molecular complexity index is 386. The molecule has 0 unspecified atom stereocenters. The van der Waals surface area contributed by atoms with Crippen LogP contribution in [0.5, 0.6) is 0 Å². The quantitative estimate of drug-likeness (QED) is 0.500. The first-order chi connectivity index (χ1) is 8.06. The smallest absolute Gasteiger partial charge is 0.255 e. The summed E-state index contributed by atoms with van der Waals surface area (Å²) in [6, 6.07) is 1.48. The van der Waals surface area contributed by atoms with Crippen LogP contribution in [0.15, 0.2) is 18.5 Å². The monoisotopic (exact) mass is 244 g/mol. The van der Waals surface area contributed by atoms with Crippen LogP contribution in [0, 0.1) is 5.41 Å². The summed E-state index contributed by atoms with van der Waals surface area (Å²) in [5.74, 6) is -0.223. The molecule has 0 aliphatic carbocycles. The van der Waals surface area contributed by atoms with Gasteiger partial charge in [0.25, 0.3) is 6.43 Å². The van der Waals surface area contributed by atoms with Gasteiger partial charge in [0.1, 0.15) is 5.84 Å². The second-order valence-corrected chi connectivity index (χ2v) is 3.37. The molecule has 0 aliphatic heterocycles. The van der Waals surface area contributed by atoms with E-state index in [1.165, 1.54) is 23.4 Å². The van der Waals surface area contributed by atoms with Gasteiger partial charge in [-0.1, -0.05) is 0 Å². The molecule has 94 valence electrons. The number of aliphatic hydroxyl groups excluding tert-OH is 1. The third-order valence-electron chi connectivity index (χ3n) is 2.16. The van der Waals surface area contributed by atoms with E-state index in [-0.39, 0.29) is 19.0 Å². The fraction of sp³-hybridized carbons (Fsp3) is 0.400. The van der Waals surface area contributed by atoms with Crippen molar-refractivity contribution in [1.82, 2.24) is 4.98 Å². The second-order valence-electron chi connectivity index (χ2n) is 3.37. The van der Waals surface area contributed by atoms with Crippen LogP contribution in [-0.4, -0.2) is 42.0 Å². The van der Waals surface area contributed by atoms with E-state index in [0.717, 1.165) is 0 Å². The van der Waals surface area contributed by atoms with Crippen LogP contribution in [-0.2, 0) is 0 Å². The number of nitrogens with zero attached hydrogens (tertiary/aromatic N) is 2. The molecular weight excluding hydrogens is 230 g/mol. The second kappa shape index (κ2) is 6.09. The van der Waals surface area contributed by atoms with Gasteiger partial charge in [-0.15, -0.1) is 0 Å². The SMILES string of the molecule is N=C(N)c1ccncc1N(CCO)CC(F)F. The van der Waals surface area contributed by atoms with Gasteiger partial charge in [0.15, 0.2) is 0 Å². The first-order valence-corrected chi connectivity index (χ1v) is 4.98. The van der Waals surface area contributed by atoms with Crippen LogP contribution in [0.25, 0.3) is 0 Å². The zero-order valence-corrected chi connectivity index (χ0v) is 9.11. The molecule has 0 saturated carbocycles. The Morgan fingerprint density at radius 1 is 1.59 bits per heavy atom. The molecule has 0 atom stereocenters. The number of nitrogens with two attached hydrogens (primary N) is 1. The largest absolute Gasteiger partial charge is 0.395 e. The highest BCUT2D eigenvalue weighted by Crippen LogP contribution is 2.19. The predicted molar refractivity (Wildman–Crippen MR) is 60.6 cm³/mol. The normalized spacial score (nSPS) is 10.6. The summed E-state index contributed by atoms with van der Waals surface area (Å²) in [4.78, 5) is 5.08. The van der Waals surface area contributed by atoms with Gasteiger partial charge in [-0.05, 0) is 6.07 Å². The molecule has 1 heterocycles. The molecule has 0 bridgehead atoms. The summed E-state index contributed by atoms with van der Waals surface area (Å²) >= 11 is 0. The van der Waals surface area contributed by atoms with Crippen molar-refractivity contribution in [3.63, 3.8) is 0 Å². The van der Waals surface area contributed by atoms with Gasteiger partial charge in [-0.3, -0.25) is 10.4 Å². The maximum Gasteiger partial charge on any atom is 0.255 e. The Kier molecular flexibility index (Phi) is 4.77. The summed E-state index contributed by atoms with van der Waals surface area (Å²) in [6.45, 7) is -0.762. The third-order valence-corrected chi connectivity index (χ3v) is 2.16. The van der Waals surface area contributed by atoms with Gasteiger partial charge in [0, 0.05) is 18.3 Å². The molecule has 4 N–H and O–H groups in total. The summed E-state index contributed by atoms with van der Waals surface area (Å²) < 4.78 is 24.8. The van der Waals surface area contributed by atoms with Gasteiger partial charge >= 0.3 is 0 Å². The third kappa shape index (κ3) is 3.63. The molecule has 5 nitrogen and oxygen atoms in total. The number of nitrogens with one attached hydrogen (secondary N) is 1. The Hall–Kier alpha value is -1.76. The van der Waals surface area contributed by atoms with Crippen molar-refractivity contribution in [2.75, 3.05) is 24.6 Å². The lowest BCUT2D eigenvalue weighted by Crippen LogP contribution is -2.33. The Balaban J connectivity index is 3.04. The summed E-state index contributed by atoms with van der Waals surface area (Å²) in [7, 11) is 0. The zero-order chi connectivity index (χ0) is 12.8. The van der Waals surface area contributed by atoms with Gasteiger partial charge in [-0.25, -0.2) is 8.78 Å². The number of pyridine rings is 1. The van der Waals surface area contributed by atoms with Crippen LogP contribution in [0.2, 0.25) is 0 Å². The Labute approximate surface area is 97.4 Å². The van der Waals surface area contributed by atoms with Crippen molar-refractivity contribution >= 4 is 11.5 Å². The number of anilines is 1. The van der Waals surface area contributed by atoms with Gasteiger partial charge in [-0.2, -0.15) is 0 Å². The molecule has 17 heavy (non-hydrogen) atoms. The summed E-state index contributed by atoms with van der Waals surface area (Å²) in [5, 5.41) is 16.2. The number of rotatable bonds is 6. The van der Waals surface area contributed by atoms with Crippen LogP contribution >= 0.6 is 0 Å². The highest BCUT2D eigenvalue weighted by molar-refractivity contribution is 6.00. The Morgan fingerprint density at radius 2 is 2.29 bits per heavy atom. The van der Waals surface area contributed by atoms with Crippen molar-refractivity contribution in [2.45, 2.75) is 6.43 Å². The van der Waals surface area contributed by atoms with E-state index in [4.69, 9.17) is 16.2 Å². The minimum absolute atomic E-state index is 0.0380. The molecule has 7 heteroatoms. The van der Waals surface area contributed by atoms with E-state index in [9.17, 15) is 8.78 Å². The molecule has 0 amide bonds. The van der Waals surface area contributed by atoms with E-state index >= 15 is 0 Å². The van der Waals surface area contributed by atoms with E-state index in [1.807, 2.05) is 0 Å². The molecule has 1 aromatic heterocycles. The van der Waals surface area contributed by atoms with Crippen LogP contribution in [0.3, 0.4) is 0 Å². The average Bonchev–Trinajstić information content (AvgIpc) is 2.28. The van der Waals surface area contributed by atoms with Gasteiger partial charge < -0.3 is 15.7 Å². The van der Waals surface area contributed by atoms with E-state index in [2.05, 4.69) is 4.98 Å². The van der Waals surface area contributed by atoms with E-state index < -0.39 is 13.0 Å². The fourth-order valence-electron chi connectivity index (χ4n) is 1.46. The number of nitrogen functional groups attached to an aromatic ring is 1. The molecular formula is C10H14F2N4O. The number of aromatic nitrogens is 1. The molecule has 0 spiro atoms. The number of alkyl halides is 2. The number of aliphatic hydroxyl groups is 1. The van der Waals surface area contributed by atoms with Crippen molar-refractivity contribution in [2.24, 2.45) is 5.73 Å². The first kappa shape index (κ1) is 13.3. The van der Waals surface area contributed by atoms with Gasteiger partial charge in [0.05, 0.1) is 25.0 Å². The highest BCUT2D eigenvalue weighted by Gasteiger charge is 2.16. The molecule has 0 aromatic carbocycles. The van der Waals surface area contributed by atoms with Crippen molar-refractivity contribution < 1.29 is 13.9 Å². The number of hydrogen-bond donors (Lipinski definition) is 3. The maximum absolute atomic E-state index is 12.4. The number of hydrogen-bond acceptors (Lipinski definition) is 4. The van der Waals surface area contributed by atoms with Crippen LogP contribution in [0.4, 0.5) is 14.5 Å². The van der Waals surface area contributed by atoms with Crippen molar-refractivity contribution in [3.8, 4) is 0 Å².